The highest BCUT2D eigenvalue weighted by Crippen LogP contribution is 2.28. The molecule has 1 atom stereocenters. The molecule has 2 aromatic rings. The number of esters is 1. The molecule has 0 aliphatic heterocycles. The minimum atomic E-state index is -1.01. The minimum absolute atomic E-state index is 0.254. The first-order valence-corrected chi connectivity index (χ1v) is 9.25. The Bertz CT molecular complexity index is 837. The van der Waals surface area contributed by atoms with Gasteiger partial charge in [-0.2, -0.15) is 0 Å². The molecule has 0 radical (unpaired) electrons. The van der Waals surface area contributed by atoms with Crippen LogP contribution in [0.15, 0.2) is 42.5 Å². The van der Waals surface area contributed by atoms with Crippen LogP contribution in [-0.2, 0) is 14.3 Å². The minimum Gasteiger partial charge on any atom is -0.495 e. The van der Waals surface area contributed by atoms with E-state index in [2.05, 4.69) is 5.32 Å². The Morgan fingerprint density at radius 3 is 2.46 bits per heavy atom. The van der Waals surface area contributed by atoms with Crippen molar-refractivity contribution < 1.29 is 23.8 Å². The Hall–Kier alpha value is -2.73. The van der Waals surface area contributed by atoms with Gasteiger partial charge < -0.3 is 19.5 Å². The van der Waals surface area contributed by atoms with E-state index in [0.29, 0.717) is 22.2 Å². The smallest absolute Gasteiger partial charge is 0.344 e. The van der Waals surface area contributed by atoms with Gasteiger partial charge in [-0.15, -0.1) is 0 Å². The maximum atomic E-state index is 12.3. The molecule has 0 spiro atoms. The van der Waals surface area contributed by atoms with Gasteiger partial charge in [0.1, 0.15) is 11.5 Å². The van der Waals surface area contributed by atoms with Crippen LogP contribution in [-0.4, -0.2) is 31.7 Å². The van der Waals surface area contributed by atoms with Crippen LogP contribution >= 0.6 is 11.6 Å². The molecular weight excluding hydrogens is 382 g/mol. The number of rotatable bonds is 8. The number of anilines is 1. The molecule has 0 aliphatic carbocycles. The average molecular weight is 406 g/mol. The Morgan fingerprint density at radius 2 is 1.79 bits per heavy atom. The third kappa shape index (κ3) is 5.89. The largest absolute Gasteiger partial charge is 0.495 e. The van der Waals surface area contributed by atoms with Crippen LogP contribution < -0.4 is 14.8 Å². The van der Waals surface area contributed by atoms with E-state index in [1.165, 1.54) is 14.0 Å². The van der Waals surface area contributed by atoms with Crippen molar-refractivity contribution in [2.24, 2.45) is 0 Å². The number of nitrogens with one attached hydrogen (secondary N) is 1. The number of benzene rings is 2. The van der Waals surface area contributed by atoms with Crippen LogP contribution in [0.3, 0.4) is 0 Å². The van der Waals surface area contributed by atoms with Crippen LogP contribution in [0, 0.1) is 0 Å². The number of halogens is 1. The van der Waals surface area contributed by atoms with Crippen LogP contribution in [0.25, 0.3) is 0 Å². The number of para-hydroxylation sites is 1. The molecule has 6 nitrogen and oxygen atoms in total. The Morgan fingerprint density at radius 1 is 1.07 bits per heavy atom. The standard InChI is InChI=1S/C21H24ClNO5/c1-13(2)16-7-5-6-8-18(16)27-12-20(24)28-14(3)21(25)23-17-11-15(22)9-10-19(17)26-4/h5-11,13-14H,12H2,1-4H3,(H,23,25)/t14-/m0/s1. The number of carbonyl (C=O) groups excluding carboxylic acids is 2. The van der Waals surface area contributed by atoms with Crippen LogP contribution in [0.2, 0.25) is 5.02 Å². The maximum Gasteiger partial charge on any atom is 0.344 e. The molecule has 28 heavy (non-hydrogen) atoms. The normalized spacial score (nSPS) is 11.6. The lowest BCUT2D eigenvalue weighted by Gasteiger charge is -2.16. The Balaban J connectivity index is 1.92. The number of carbonyl (C=O) groups is 2. The monoisotopic (exact) mass is 405 g/mol. The summed E-state index contributed by atoms with van der Waals surface area (Å²) < 4.78 is 15.9. The lowest BCUT2D eigenvalue weighted by Crippen LogP contribution is -2.31. The molecule has 0 fully saturated rings. The van der Waals surface area contributed by atoms with E-state index in [1.54, 1.807) is 24.3 Å². The quantitative estimate of drug-likeness (QED) is 0.658. The van der Waals surface area contributed by atoms with E-state index < -0.39 is 18.0 Å². The predicted molar refractivity (Wildman–Crippen MR) is 108 cm³/mol. The lowest BCUT2D eigenvalue weighted by atomic mass is 10.0. The van der Waals surface area contributed by atoms with Crippen molar-refractivity contribution in [3.8, 4) is 11.5 Å². The molecule has 0 aliphatic rings. The van der Waals surface area contributed by atoms with Crippen LogP contribution in [0.5, 0.6) is 11.5 Å². The second kappa shape index (κ2) is 9.99. The van der Waals surface area contributed by atoms with Gasteiger partial charge in [-0.3, -0.25) is 4.79 Å². The first-order valence-electron chi connectivity index (χ1n) is 8.87. The fourth-order valence-corrected chi connectivity index (χ4v) is 2.69. The first kappa shape index (κ1) is 21.6. The van der Waals surface area contributed by atoms with Gasteiger partial charge in [0.25, 0.3) is 5.91 Å². The average Bonchev–Trinajstić information content (AvgIpc) is 2.66. The van der Waals surface area contributed by atoms with Gasteiger partial charge in [-0.25, -0.2) is 4.79 Å². The first-order chi connectivity index (χ1) is 13.3. The van der Waals surface area contributed by atoms with E-state index in [9.17, 15) is 9.59 Å². The van der Waals surface area contributed by atoms with Crippen molar-refractivity contribution in [1.29, 1.82) is 0 Å². The highest BCUT2D eigenvalue weighted by Gasteiger charge is 2.20. The highest BCUT2D eigenvalue weighted by atomic mass is 35.5. The summed E-state index contributed by atoms with van der Waals surface area (Å²) in [6.07, 6.45) is -1.01. The van der Waals surface area contributed by atoms with Crippen molar-refractivity contribution in [1.82, 2.24) is 0 Å². The Labute approximate surface area is 169 Å². The molecule has 0 saturated carbocycles. The number of hydrogen-bond acceptors (Lipinski definition) is 5. The molecule has 2 aromatic carbocycles. The van der Waals surface area contributed by atoms with E-state index in [4.69, 9.17) is 25.8 Å². The van der Waals surface area contributed by atoms with E-state index in [-0.39, 0.29) is 12.5 Å². The molecule has 7 heteroatoms. The molecule has 2 rings (SSSR count). The molecular formula is C21H24ClNO5. The van der Waals surface area contributed by atoms with Gasteiger partial charge >= 0.3 is 5.97 Å². The number of ether oxygens (including phenoxy) is 3. The summed E-state index contributed by atoms with van der Waals surface area (Å²) in [7, 11) is 1.48. The van der Waals surface area contributed by atoms with Crippen molar-refractivity contribution in [2.45, 2.75) is 32.8 Å². The molecule has 0 heterocycles. The van der Waals surface area contributed by atoms with Crippen molar-refractivity contribution >= 4 is 29.2 Å². The van der Waals surface area contributed by atoms with Gasteiger partial charge in [0, 0.05) is 5.02 Å². The summed E-state index contributed by atoms with van der Waals surface area (Å²) in [5.41, 5.74) is 1.39. The van der Waals surface area contributed by atoms with Crippen LogP contribution in [0.4, 0.5) is 5.69 Å². The van der Waals surface area contributed by atoms with Crippen molar-refractivity contribution in [3.05, 3.63) is 53.1 Å². The van der Waals surface area contributed by atoms with Gasteiger partial charge in [0.2, 0.25) is 0 Å². The van der Waals surface area contributed by atoms with E-state index >= 15 is 0 Å². The molecule has 1 amide bonds. The van der Waals surface area contributed by atoms with Crippen molar-refractivity contribution in [3.63, 3.8) is 0 Å². The zero-order valence-electron chi connectivity index (χ0n) is 16.3. The maximum absolute atomic E-state index is 12.3. The fourth-order valence-electron chi connectivity index (χ4n) is 2.52. The molecule has 0 saturated heterocycles. The number of methoxy groups -OCH3 is 1. The van der Waals surface area contributed by atoms with Gasteiger partial charge in [0.05, 0.1) is 12.8 Å². The van der Waals surface area contributed by atoms with E-state index in [0.717, 1.165) is 5.56 Å². The number of amides is 1. The van der Waals surface area contributed by atoms with Gasteiger partial charge in [0.15, 0.2) is 12.7 Å². The van der Waals surface area contributed by atoms with Crippen LogP contribution in [0.1, 0.15) is 32.3 Å². The second-order valence-corrected chi connectivity index (χ2v) is 6.88. The summed E-state index contributed by atoms with van der Waals surface area (Å²) in [5.74, 6) is 0.181. The molecule has 0 aromatic heterocycles. The zero-order valence-corrected chi connectivity index (χ0v) is 17.1. The third-order valence-electron chi connectivity index (χ3n) is 3.98. The Kier molecular flexibility index (Phi) is 7.70. The van der Waals surface area contributed by atoms with Gasteiger partial charge in [-0.05, 0) is 42.7 Å². The second-order valence-electron chi connectivity index (χ2n) is 6.45. The van der Waals surface area contributed by atoms with Gasteiger partial charge in [-0.1, -0.05) is 43.6 Å². The summed E-state index contributed by atoms with van der Waals surface area (Å²) >= 11 is 5.95. The SMILES string of the molecule is COc1ccc(Cl)cc1NC(=O)[C@H](C)OC(=O)COc1ccccc1C(C)C. The summed E-state index contributed by atoms with van der Waals surface area (Å²) in [6, 6.07) is 12.3. The molecule has 0 unspecified atom stereocenters. The molecule has 0 bridgehead atoms. The third-order valence-corrected chi connectivity index (χ3v) is 4.22. The summed E-state index contributed by atoms with van der Waals surface area (Å²) in [6.45, 7) is 5.27. The zero-order chi connectivity index (χ0) is 20.7. The fraction of sp³-hybridized carbons (Fsp3) is 0.333. The highest BCUT2D eigenvalue weighted by molar-refractivity contribution is 6.31. The van der Waals surface area contributed by atoms with Crippen molar-refractivity contribution in [2.75, 3.05) is 19.0 Å². The molecule has 150 valence electrons. The topological polar surface area (TPSA) is 73.9 Å². The molecule has 1 N–H and O–H groups in total. The lowest BCUT2D eigenvalue weighted by molar-refractivity contribution is -0.155. The summed E-state index contributed by atoms with van der Waals surface area (Å²) in [4.78, 5) is 24.4. The number of hydrogen-bond donors (Lipinski definition) is 1. The predicted octanol–water partition coefficient (Wildman–Crippen LogP) is 4.42. The summed E-state index contributed by atoms with van der Waals surface area (Å²) in [5, 5.41) is 3.08. The van der Waals surface area contributed by atoms with E-state index in [1.807, 2.05) is 32.0 Å².